The van der Waals surface area contributed by atoms with E-state index in [9.17, 15) is 4.79 Å². The van der Waals surface area contributed by atoms with Crippen LogP contribution in [0.2, 0.25) is 5.02 Å². The fourth-order valence-electron chi connectivity index (χ4n) is 1.40. The van der Waals surface area contributed by atoms with Gasteiger partial charge in [-0.15, -0.1) is 11.3 Å². The molecule has 1 aromatic carbocycles. The molecule has 0 aliphatic rings. The monoisotopic (exact) mass is 392 g/mol. The average Bonchev–Trinajstić information content (AvgIpc) is 2.69. The summed E-state index contributed by atoms with van der Waals surface area (Å²) in [5, 5.41) is 2.32. The Balaban J connectivity index is 2.52. The maximum atomic E-state index is 12.3. The van der Waals surface area contributed by atoms with Crippen LogP contribution in [-0.2, 0) is 0 Å². The quantitative estimate of drug-likeness (QED) is 0.618. The Hall–Kier alpha value is -0.160. The molecule has 0 bridgehead atoms. The molecule has 0 aliphatic carbocycles. The zero-order valence-electron chi connectivity index (χ0n) is 8.76. The Morgan fingerprint density at radius 2 is 2.00 bits per heavy atom. The van der Waals surface area contributed by atoms with Crippen LogP contribution in [0.15, 0.2) is 32.5 Å². The SMILES string of the molecule is Cc1cc(Br)c(C(=O)c2sccc2Cl)cc1Br. The number of thiophene rings is 1. The third-order valence-corrected chi connectivity index (χ3v) is 5.17. The molecule has 2 rings (SSSR count). The van der Waals surface area contributed by atoms with Gasteiger partial charge in [-0.05, 0) is 36.1 Å². The summed E-state index contributed by atoms with van der Waals surface area (Å²) < 4.78 is 1.70. The van der Waals surface area contributed by atoms with Crippen molar-refractivity contribution in [2.45, 2.75) is 6.92 Å². The van der Waals surface area contributed by atoms with Crippen molar-refractivity contribution >= 4 is 60.6 Å². The van der Waals surface area contributed by atoms with E-state index in [4.69, 9.17) is 11.6 Å². The second kappa shape index (κ2) is 5.22. The summed E-state index contributed by atoms with van der Waals surface area (Å²) in [4.78, 5) is 12.9. The maximum absolute atomic E-state index is 12.3. The fraction of sp³-hybridized carbons (Fsp3) is 0.0833. The Morgan fingerprint density at radius 3 is 2.59 bits per heavy atom. The second-order valence-corrected chi connectivity index (χ2v) is 6.54. The molecule has 0 N–H and O–H groups in total. The first-order chi connectivity index (χ1) is 8.00. The number of benzene rings is 1. The molecule has 5 heteroatoms. The smallest absolute Gasteiger partial charge is 0.205 e. The zero-order chi connectivity index (χ0) is 12.6. The van der Waals surface area contributed by atoms with Gasteiger partial charge in [0.05, 0.1) is 9.90 Å². The van der Waals surface area contributed by atoms with E-state index in [2.05, 4.69) is 31.9 Å². The minimum absolute atomic E-state index is 0.0578. The van der Waals surface area contributed by atoms with Crippen LogP contribution in [0.25, 0.3) is 0 Å². The summed E-state index contributed by atoms with van der Waals surface area (Å²) >= 11 is 14.2. The van der Waals surface area contributed by atoms with E-state index in [1.54, 1.807) is 6.07 Å². The topological polar surface area (TPSA) is 17.1 Å². The van der Waals surface area contributed by atoms with Crippen LogP contribution in [-0.4, -0.2) is 5.78 Å². The third kappa shape index (κ3) is 2.65. The van der Waals surface area contributed by atoms with E-state index in [1.165, 1.54) is 11.3 Å². The van der Waals surface area contributed by atoms with Crippen molar-refractivity contribution in [2.24, 2.45) is 0 Å². The molecule has 0 atom stereocenters. The van der Waals surface area contributed by atoms with Crippen molar-refractivity contribution in [3.05, 3.63) is 53.6 Å². The normalized spacial score (nSPS) is 10.6. The predicted octanol–water partition coefficient (Wildman–Crippen LogP) is 5.47. The molecule has 0 aliphatic heterocycles. The molecule has 0 radical (unpaired) electrons. The molecular formula is C12H7Br2ClOS. The van der Waals surface area contributed by atoms with E-state index in [0.717, 1.165) is 14.5 Å². The lowest BCUT2D eigenvalue weighted by Gasteiger charge is -2.06. The van der Waals surface area contributed by atoms with Gasteiger partial charge in [0.25, 0.3) is 0 Å². The third-order valence-electron chi connectivity index (χ3n) is 2.32. The molecule has 2 aromatic rings. The summed E-state index contributed by atoms with van der Waals surface area (Å²) in [6.45, 7) is 1.97. The molecule has 0 unspecified atom stereocenters. The summed E-state index contributed by atoms with van der Waals surface area (Å²) in [6, 6.07) is 5.47. The van der Waals surface area contributed by atoms with Gasteiger partial charge in [0.2, 0.25) is 5.78 Å². The van der Waals surface area contributed by atoms with Gasteiger partial charge in [0.15, 0.2) is 0 Å². The van der Waals surface area contributed by atoms with Gasteiger partial charge in [0.1, 0.15) is 0 Å². The van der Waals surface area contributed by atoms with Gasteiger partial charge in [0, 0.05) is 14.5 Å². The van der Waals surface area contributed by atoms with Crippen LogP contribution >= 0.6 is 54.8 Å². The molecule has 17 heavy (non-hydrogen) atoms. The van der Waals surface area contributed by atoms with Crippen LogP contribution in [0.1, 0.15) is 20.8 Å². The highest BCUT2D eigenvalue weighted by Gasteiger charge is 2.18. The van der Waals surface area contributed by atoms with Gasteiger partial charge >= 0.3 is 0 Å². The van der Waals surface area contributed by atoms with Crippen molar-refractivity contribution in [2.75, 3.05) is 0 Å². The van der Waals surface area contributed by atoms with Gasteiger partial charge in [-0.2, -0.15) is 0 Å². The van der Waals surface area contributed by atoms with E-state index in [1.807, 2.05) is 24.4 Å². The molecule has 0 spiro atoms. The maximum Gasteiger partial charge on any atom is 0.205 e. The van der Waals surface area contributed by atoms with Crippen LogP contribution in [0.4, 0.5) is 0 Å². The number of hydrogen-bond acceptors (Lipinski definition) is 2. The van der Waals surface area contributed by atoms with E-state index < -0.39 is 0 Å². The van der Waals surface area contributed by atoms with Gasteiger partial charge < -0.3 is 0 Å². The number of halogens is 3. The second-order valence-electron chi connectivity index (χ2n) is 3.51. The summed E-state index contributed by atoms with van der Waals surface area (Å²) in [5.74, 6) is -0.0578. The van der Waals surface area contributed by atoms with E-state index in [-0.39, 0.29) is 5.78 Å². The van der Waals surface area contributed by atoms with Gasteiger partial charge in [-0.1, -0.05) is 43.5 Å². The largest absolute Gasteiger partial charge is 0.288 e. The minimum Gasteiger partial charge on any atom is -0.288 e. The lowest BCUT2D eigenvalue weighted by Crippen LogP contribution is -2.01. The molecular weight excluding hydrogens is 387 g/mol. The van der Waals surface area contributed by atoms with Crippen molar-refractivity contribution < 1.29 is 4.79 Å². The lowest BCUT2D eigenvalue weighted by molar-refractivity contribution is 0.104. The summed E-state index contributed by atoms with van der Waals surface area (Å²) in [5.41, 5.74) is 1.69. The number of carbonyl (C=O) groups is 1. The number of hydrogen-bond donors (Lipinski definition) is 0. The number of carbonyl (C=O) groups excluding carboxylic acids is 1. The Bertz CT molecular complexity index is 592. The van der Waals surface area contributed by atoms with Crippen LogP contribution in [0.3, 0.4) is 0 Å². The first-order valence-electron chi connectivity index (χ1n) is 4.74. The first kappa shape index (κ1) is 13.3. The molecule has 0 amide bonds. The Morgan fingerprint density at radius 1 is 1.29 bits per heavy atom. The minimum atomic E-state index is -0.0578. The first-order valence-corrected chi connectivity index (χ1v) is 7.58. The molecule has 1 aromatic heterocycles. The number of rotatable bonds is 2. The van der Waals surface area contributed by atoms with Gasteiger partial charge in [-0.3, -0.25) is 4.79 Å². The van der Waals surface area contributed by atoms with E-state index in [0.29, 0.717) is 15.5 Å². The van der Waals surface area contributed by atoms with Gasteiger partial charge in [-0.25, -0.2) is 0 Å². The van der Waals surface area contributed by atoms with Crippen molar-refractivity contribution in [1.29, 1.82) is 0 Å². The summed E-state index contributed by atoms with van der Waals surface area (Å²) in [7, 11) is 0. The average molecular weight is 395 g/mol. The van der Waals surface area contributed by atoms with Crippen molar-refractivity contribution in [1.82, 2.24) is 0 Å². The molecule has 0 fully saturated rings. The predicted molar refractivity (Wildman–Crippen MR) is 79.3 cm³/mol. The Kier molecular flexibility index (Phi) is 4.08. The molecule has 0 saturated carbocycles. The highest BCUT2D eigenvalue weighted by atomic mass is 79.9. The standard InChI is InChI=1S/C12H7Br2ClOS/c1-6-4-9(14)7(5-8(6)13)11(16)12-10(15)2-3-17-12/h2-5H,1H3. The lowest BCUT2D eigenvalue weighted by atomic mass is 10.1. The van der Waals surface area contributed by atoms with Crippen molar-refractivity contribution in [3.63, 3.8) is 0 Å². The van der Waals surface area contributed by atoms with Crippen LogP contribution in [0.5, 0.6) is 0 Å². The number of ketones is 1. The molecule has 88 valence electrons. The van der Waals surface area contributed by atoms with Crippen LogP contribution < -0.4 is 0 Å². The highest BCUT2D eigenvalue weighted by molar-refractivity contribution is 9.11. The zero-order valence-corrected chi connectivity index (χ0v) is 13.5. The highest BCUT2D eigenvalue weighted by Crippen LogP contribution is 2.31. The number of aryl methyl sites for hydroxylation is 1. The molecule has 1 heterocycles. The van der Waals surface area contributed by atoms with E-state index >= 15 is 0 Å². The van der Waals surface area contributed by atoms with Crippen molar-refractivity contribution in [3.8, 4) is 0 Å². The molecule has 1 nitrogen and oxygen atoms in total. The molecule has 0 saturated heterocycles. The summed E-state index contributed by atoms with van der Waals surface area (Å²) in [6.07, 6.45) is 0. The van der Waals surface area contributed by atoms with Crippen LogP contribution in [0, 0.1) is 6.92 Å². The fourth-order valence-corrected chi connectivity index (χ4v) is 3.47. The Labute approximate surface area is 125 Å².